The van der Waals surface area contributed by atoms with E-state index in [2.05, 4.69) is 10.3 Å². The number of benzene rings is 1. The smallest absolute Gasteiger partial charge is 0.275 e. The molecule has 0 radical (unpaired) electrons. The summed E-state index contributed by atoms with van der Waals surface area (Å²) >= 11 is 11.7. The molecule has 0 aliphatic heterocycles. The highest BCUT2D eigenvalue weighted by Crippen LogP contribution is 2.19. The summed E-state index contributed by atoms with van der Waals surface area (Å²) in [7, 11) is 0. The molecule has 126 valence electrons. The minimum atomic E-state index is -0.467. The van der Waals surface area contributed by atoms with Crippen molar-refractivity contribution in [3.05, 3.63) is 57.8 Å². The number of aromatic nitrogens is 1. The fourth-order valence-corrected chi connectivity index (χ4v) is 2.50. The van der Waals surface area contributed by atoms with Crippen LogP contribution in [0.1, 0.15) is 34.7 Å². The average molecular weight is 366 g/mol. The molecule has 0 bridgehead atoms. The van der Waals surface area contributed by atoms with Gasteiger partial charge in [-0.1, -0.05) is 23.2 Å². The Bertz CT molecular complexity index is 744. The summed E-state index contributed by atoms with van der Waals surface area (Å²) in [6.45, 7) is 5.15. The second-order valence-corrected chi connectivity index (χ2v) is 5.77. The Morgan fingerprint density at radius 1 is 1.04 bits per heavy atom. The maximum absolute atomic E-state index is 12.2. The van der Waals surface area contributed by atoms with Gasteiger partial charge in [-0.3, -0.25) is 9.59 Å². The Balaban J connectivity index is 2.13. The van der Waals surface area contributed by atoms with Crippen LogP contribution in [0.5, 0.6) is 0 Å². The van der Waals surface area contributed by atoms with Crippen LogP contribution in [0, 0.1) is 0 Å². The quantitative estimate of drug-likeness (QED) is 0.810. The fraction of sp³-hybridized carbons (Fsp3) is 0.235. The largest absolute Gasteiger partial charge is 0.339 e. The van der Waals surface area contributed by atoms with Crippen LogP contribution >= 0.6 is 23.2 Å². The van der Waals surface area contributed by atoms with Crippen molar-refractivity contribution in [1.29, 1.82) is 0 Å². The van der Waals surface area contributed by atoms with Gasteiger partial charge in [0.2, 0.25) is 0 Å². The summed E-state index contributed by atoms with van der Waals surface area (Å²) < 4.78 is 0. The van der Waals surface area contributed by atoms with E-state index in [9.17, 15) is 9.59 Å². The fourth-order valence-electron chi connectivity index (χ4n) is 2.16. The van der Waals surface area contributed by atoms with Crippen LogP contribution in [0.3, 0.4) is 0 Å². The third-order valence-corrected chi connectivity index (χ3v) is 3.98. The van der Waals surface area contributed by atoms with Crippen molar-refractivity contribution in [3.63, 3.8) is 0 Å². The lowest BCUT2D eigenvalue weighted by Crippen LogP contribution is -2.30. The van der Waals surface area contributed by atoms with Gasteiger partial charge < -0.3 is 10.2 Å². The van der Waals surface area contributed by atoms with Crippen molar-refractivity contribution in [2.24, 2.45) is 0 Å². The molecule has 0 aliphatic rings. The van der Waals surface area contributed by atoms with Gasteiger partial charge in [-0.2, -0.15) is 0 Å². The van der Waals surface area contributed by atoms with Crippen molar-refractivity contribution >= 4 is 40.7 Å². The number of nitrogens with one attached hydrogen (secondary N) is 1. The third-order valence-electron chi connectivity index (χ3n) is 3.47. The van der Waals surface area contributed by atoms with Crippen molar-refractivity contribution in [1.82, 2.24) is 9.88 Å². The van der Waals surface area contributed by atoms with Gasteiger partial charge in [0.05, 0.1) is 5.02 Å². The number of anilines is 1. The second kappa shape index (κ2) is 8.13. The van der Waals surface area contributed by atoms with Gasteiger partial charge in [0.1, 0.15) is 10.8 Å². The summed E-state index contributed by atoms with van der Waals surface area (Å²) in [5, 5.41) is 3.08. The average Bonchev–Trinajstić information content (AvgIpc) is 2.58. The van der Waals surface area contributed by atoms with Gasteiger partial charge >= 0.3 is 0 Å². The van der Waals surface area contributed by atoms with Crippen molar-refractivity contribution in [3.8, 4) is 0 Å². The summed E-state index contributed by atoms with van der Waals surface area (Å²) in [5.74, 6) is -0.511. The summed E-state index contributed by atoms with van der Waals surface area (Å²) in [4.78, 5) is 30.1. The summed E-state index contributed by atoms with van der Waals surface area (Å²) in [6, 6.07) is 9.68. The van der Waals surface area contributed by atoms with E-state index in [4.69, 9.17) is 23.2 Å². The minimum absolute atomic E-state index is 0.0440. The van der Waals surface area contributed by atoms with Crippen LogP contribution in [0.25, 0.3) is 0 Å². The van der Waals surface area contributed by atoms with Crippen LogP contribution in [0.15, 0.2) is 36.4 Å². The van der Waals surface area contributed by atoms with Gasteiger partial charge in [0, 0.05) is 24.3 Å². The number of hydrogen-bond acceptors (Lipinski definition) is 3. The first-order chi connectivity index (χ1) is 11.5. The zero-order valence-electron chi connectivity index (χ0n) is 13.3. The number of amides is 2. The number of rotatable bonds is 5. The number of hydrogen-bond donors (Lipinski definition) is 1. The number of halogens is 2. The zero-order chi connectivity index (χ0) is 17.7. The molecule has 2 amide bonds. The molecule has 0 saturated carbocycles. The molecule has 0 fully saturated rings. The number of pyridine rings is 1. The van der Waals surface area contributed by atoms with E-state index in [1.807, 2.05) is 13.8 Å². The maximum atomic E-state index is 12.2. The van der Waals surface area contributed by atoms with Crippen molar-refractivity contribution < 1.29 is 9.59 Å². The SMILES string of the molecule is CCN(CC)C(=O)c1ccc(NC(=O)c2nc(Cl)ccc2Cl)cc1. The van der Waals surface area contributed by atoms with Crippen molar-refractivity contribution in [2.75, 3.05) is 18.4 Å². The van der Waals surface area contributed by atoms with Crippen LogP contribution in [0.2, 0.25) is 10.2 Å². The third kappa shape index (κ3) is 4.24. The highest BCUT2D eigenvalue weighted by Gasteiger charge is 2.15. The molecule has 7 heteroatoms. The van der Waals surface area contributed by atoms with E-state index in [1.54, 1.807) is 29.2 Å². The van der Waals surface area contributed by atoms with E-state index in [-0.39, 0.29) is 21.8 Å². The van der Waals surface area contributed by atoms with Crippen molar-refractivity contribution in [2.45, 2.75) is 13.8 Å². The summed E-state index contributed by atoms with van der Waals surface area (Å²) in [5.41, 5.74) is 1.15. The predicted molar refractivity (Wildman–Crippen MR) is 95.9 cm³/mol. The lowest BCUT2D eigenvalue weighted by Gasteiger charge is -2.18. The lowest BCUT2D eigenvalue weighted by molar-refractivity contribution is 0.0773. The molecule has 0 spiro atoms. The number of carbonyl (C=O) groups is 2. The molecule has 24 heavy (non-hydrogen) atoms. The van der Waals surface area contributed by atoms with Gasteiger partial charge in [0.25, 0.3) is 11.8 Å². The zero-order valence-corrected chi connectivity index (χ0v) is 14.9. The molecule has 2 aromatic rings. The Kier molecular flexibility index (Phi) is 6.17. The maximum Gasteiger partial charge on any atom is 0.275 e. The Morgan fingerprint density at radius 2 is 1.67 bits per heavy atom. The molecule has 2 rings (SSSR count). The highest BCUT2D eigenvalue weighted by molar-refractivity contribution is 6.35. The standard InChI is InChI=1S/C17H17Cl2N3O2/c1-3-22(4-2)17(24)11-5-7-12(8-6-11)20-16(23)15-13(18)9-10-14(19)21-15/h5-10H,3-4H2,1-2H3,(H,20,23). The minimum Gasteiger partial charge on any atom is -0.339 e. The normalized spacial score (nSPS) is 10.3. The Hall–Kier alpha value is -2.11. The van der Waals surface area contributed by atoms with E-state index in [0.29, 0.717) is 24.3 Å². The Morgan fingerprint density at radius 3 is 2.25 bits per heavy atom. The van der Waals surface area contributed by atoms with Gasteiger partial charge in [-0.25, -0.2) is 4.98 Å². The molecular weight excluding hydrogens is 349 g/mol. The van der Waals surface area contributed by atoms with Crippen LogP contribution < -0.4 is 5.32 Å². The van der Waals surface area contributed by atoms with E-state index in [1.165, 1.54) is 12.1 Å². The second-order valence-electron chi connectivity index (χ2n) is 4.97. The molecule has 1 aromatic carbocycles. The molecular formula is C17H17Cl2N3O2. The van der Waals surface area contributed by atoms with Gasteiger partial charge in [0.15, 0.2) is 0 Å². The van der Waals surface area contributed by atoms with E-state index >= 15 is 0 Å². The van der Waals surface area contributed by atoms with Gasteiger partial charge in [-0.15, -0.1) is 0 Å². The lowest BCUT2D eigenvalue weighted by atomic mass is 10.1. The highest BCUT2D eigenvalue weighted by atomic mass is 35.5. The molecule has 0 atom stereocenters. The monoisotopic (exact) mass is 365 g/mol. The molecule has 1 N–H and O–H groups in total. The summed E-state index contributed by atoms with van der Waals surface area (Å²) in [6.07, 6.45) is 0. The van der Waals surface area contributed by atoms with Crippen LogP contribution in [-0.2, 0) is 0 Å². The van der Waals surface area contributed by atoms with Gasteiger partial charge in [-0.05, 0) is 50.2 Å². The molecule has 5 nitrogen and oxygen atoms in total. The Labute approximate surface area is 150 Å². The first-order valence-electron chi connectivity index (χ1n) is 7.49. The molecule has 1 aromatic heterocycles. The first-order valence-corrected chi connectivity index (χ1v) is 8.24. The molecule has 1 heterocycles. The molecule has 0 unspecified atom stereocenters. The topological polar surface area (TPSA) is 62.3 Å². The number of carbonyl (C=O) groups excluding carboxylic acids is 2. The molecule has 0 saturated heterocycles. The molecule has 0 aliphatic carbocycles. The number of nitrogens with zero attached hydrogens (tertiary/aromatic N) is 2. The van der Waals surface area contributed by atoms with Crippen LogP contribution in [-0.4, -0.2) is 34.8 Å². The van der Waals surface area contributed by atoms with Crippen LogP contribution in [0.4, 0.5) is 5.69 Å². The first kappa shape index (κ1) is 18.2. The predicted octanol–water partition coefficient (Wildman–Crippen LogP) is 4.12. The van der Waals surface area contributed by atoms with E-state index in [0.717, 1.165) is 0 Å². The van der Waals surface area contributed by atoms with E-state index < -0.39 is 5.91 Å².